The van der Waals surface area contributed by atoms with Gasteiger partial charge in [-0.1, -0.05) is 6.07 Å². The monoisotopic (exact) mass is 443 g/mol. The molecule has 0 saturated carbocycles. The van der Waals surface area contributed by atoms with Crippen LogP contribution >= 0.6 is 0 Å². The second kappa shape index (κ2) is 9.24. The van der Waals surface area contributed by atoms with E-state index < -0.39 is 17.7 Å². The lowest BCUT2D eigenvalue weighted by Gasteiger charge is -2.24. The molecule has 7 nitrogen and oxygen atoms in total. The summed E-state index contributed by atoms with van der Waals surface area (Å²) >= 11 is 0. The molecule has 1 aromatic carbocycles. The highest BCUT2D eigenvalue weighted by atomic mass is 16.5. The summed E-state index contributed by atoms with van der Waals surface area (Å²) < 4.78 is 5.78. The van der Waals surface area contributed by atoms with Gasteiger partial charge in [-0.25, -0.2) is 0 Å². The zero-order chi connectivity index (χ0) is 23.5. The lowest BCUT2D eigenvalue weighted by molar-refractivity contribution is -0.140. The molecule has 3 aromatic rings. The van der Waals surface area contributed by atoms with Crippen LogP contribution < -0.4 is 4.74 Å². The van der Waals surface area contributed by atoms with E-state index >= 15 is 0 Å². The van der Waals surface area contributed by atoms with Crippen LogP contribution in [0.15, 0.2) is 72.7 Å². The Hall–Kier alpha value is -4.00. The predicted molar refractivity (Wildman–Crippen MR) is 123 cm³/mol. The molecule has 0 bridgehead atoms. The fraction of sp³-hybridized carbons (Fsp3) is 0.231. The molecule has 0 spiro atoms. The first-order valence-electron chi connectivity index (χ1n) is 10.7. The van der Waals surface area contributed by atoms with Gasteiger partial charge < -0.3 is 14.7 Å². The maximum Gasteiger partial charge on any atom is 0.296 e. The summed E-state index contributed by atoms with van der Waals surface area (Å²) in [6, 6.07) is 13.2. The van der Waals surface area contributed by atoms with Gasteiger partial charge in [-0.2, -0.15) is 0 Å². The molecule has 1 aliphatic rings. The van der Waals surface area contributed by atoms with Crippen LogP contribution in [0.1, 0.15) is 42.3 Å². The lowest BCUT2D eigenvalue weighted by atomic mass is 9.97. The maximum absolute atomic E-state index is 13.1. The van der Waals surface area contributed by atoms with Crippen LogP contribution in [-0.4, -0.2) is 37.8 Å². The van der Waals surface area contributed by atoms with Crippen molar-refractivity contribution < 1.29 is 19.4 Å². The summed E-state index contributed by atoms with van der Waals surface area (Å²) in [5.74, 6) is -0.959. The molecule has 1 aliphatic heterocycles. The normalized spacial score (nSPS) is 17.6. The minimum absolute atomic E-state index is 0.00538. The SMILES string of the molecule is Cc1cc(/C(O)=C2/C(=O)C(=O)N(Cc3ccncc3)C2c2ccccn2)ccc1OC(C)C. The van der Waals surface area contributed by atoms with Gasteiger partial charge in [-0.05, 0) is 74.4 Å². The molecule has 33 heavy (non-hydrogen) atoms. The molecular formula is C26H25N3O4. The number of ether oxygens (including phenoxy) is 1. The van der Waals surface area contributed by atoms with Crippen molar-refractivity contribution in [2.45, 2.75) is 39.5 Å². The highest BCUT2D eigenvalue weighted by Crippen LogP contribution is 2.39. The molecule has 0 radical (unpaired) electrons. The Morgan fingerprint density at radius 1 is 1.09 bits per heavy atom. The van der Waals surface area contributed by atoms with Crippen LogP contribution in [0.4, 0.5) is 0 Å². The number of aliphatic hydroxyl groups excluding tert-OH is 1. The number of amides is 1. The Morgan fingerprint density at radius 3 is 2.48 bits per heavy atom. The van der Waals surface area contributed by atoms with Crippen molar-refractivity contribution in [3.63, 3.8) is 0 Å². The largest absolute Gasteiger partial charge is 0.507 e. The maximum atomic E-state index is 13.1. The quantitative estimate of drug-likeness (QED) is 0.349. The van der Waals surface area contributed by atoms with Gasteiger partial charge in [0.15, 0.2) is 0 Å². The van der Waals surface area contributed by atoms with Crippen molar-refractivity contribution in [2.24, 2.45) is 0 Å². The Labute approximate surface area is 192 Å². The zero-order valence-corrected chi connectivity index (χ0v) is 18.7. The van der Waals surface area contributed by atoms with Gasteiger partial charge >= 0.3 is 0 Å². The van der Waals surface area contributed by atoms with Crippen LogP contribution in [-0.2, 0) is 16.1 Å². The van der Waals surface area contributed by atoms with Crippen molar-refractivity contribution in [2.75, 3.05) is 0 Å². The Kier molecular flexibility index (Phi) is 6.22. The van der Waals surface area contributed by atoms with Crippen molar-refractivity contribution in [3.05, 3.63) is 95.1 Å². The van der Waals surface area contributed by atoms with Gasteiger partial charge in [-0.3, -0.25) is 19.6 Å². The number of ketones is 1. The second-order valence-electron chi connectivity index (χ2n) is 8.18. The number of hydrogen-bond donors (Lipinski definition) is 1. The average Bonchev–Trinajstić information content (AvgIpc) is 3.06. The minimum atomic E-state index is -0.814. The fourth-order valence-electron chi connectivity index (χ4n) is 3.91. The molecule has 1 amide bonds. The summed E-state index contributed by atoms with van der Waals surface area (Å²) in [4.78, 5) is 36.0. The molecule has 1 saturated heterocycles. The number of carbonyl (C=O) groups is 2. The third-order valence-corrected chi connectivity index (χ3v) is 5.42. The molecule has 168 valence electrons. The molecule has 1 unspecified atom stereocenters. The fourth-order valence-corrected chi connectivity index (χ4v) is 3.91. The topological polar surface area (TPSA) is 92.6 Å². The summed E-state index contributed by atoms with van der Waals surface area (Å²) in [5.41, 5.74) is 2.59. The number of benzene rings is 1. The third-order valence-electron chi connectivity index (χ3n) is 5.42. The van der Waals surface area contributed by atoms with Crippen molar-refractivity contribution in [1.82, 2.24) is 14.9 Å². The van der Waals surface area contributed by atoms with Crippen LogP contribution in [0.25, 0.3) is 5.76 Å². The van der Waals surface area contributed by atoms with Gasteiger partial charge in [0.25, 0.3) is 11.7 Å². The Bertz CT molecular complexity index is 1210. The van der Waals surface area contributed by atoms with E-state index in [1.165, 1.54) is 4.90 Å². The number of carbonyl (C=O) groups excluding carboxylic acids is 2. The number of nitrogens with zero attached hydrogens (tertiary/aromatic N) is 3. The van der Waals surface area contributed by atoms with E-state index in [-0.39, 0.29) is 24.0 Å². The van der Waals surface area contributed by atoms with E-state index in [0.29, 0.717) is 17.0 Å². The number of likely N-dealkylation sites (tertiary alicyclic amines) is 1. The number of hydrogen-bond acceptors (Lipinski definition) is 6. The van der Waals surface area contributed by atoms with Crippen molar-refractivity contribution in [1.29, 1.82) is 0 Å². The van der Waals surface area contributed by atoms with Crippen LogP contribution in [0.5, 0.6) is 5.75 Å². The zero-order valence-electron chi connectivity index (χ0n) is 18.7. The summed E-state index contributed by atoms with van der Waals surface area (Å²) in [6.07, 6.45) is 4.87. The van der Waals surface area contributed by atoms with E-state index in [9.17, 15) is 14.7 Å². The number of Topliss-reactive ketones (excluding diaryl/α,β-unsaturated/α-hetero) is 1. The minimum Gasteiger partial charge on any atom is -0.507 e. The predicted octanol–water partition coefficient (Wildman–Crippen LogP) is 4.19. The van der Waals surface area contributed by atoms with Gasteiger partial charge in [0.2, 0.25) is 0 Å². The van der Waals surface area contributed by atoms with Crippen LogP contribution in [0.2, 0.25) is 0 Å². The average molecular weight is 444 g/mol. The first-order chi connectivity index (χ1) is 15.9. The lowest BCUT2D eigenvalue weighted by Crippen LogP contribution is -2.29. The van der Waals surface area contributed by atoms with E-state index in [0.717, 1.165) is 11.1 Å². The number of pyridine rings is 2. The molecule has 2 aromatic heterocycles. The van der Waals surface area contributed by atoms with Gasteiger partial charge in [0, 0.05) is 30.7 Å². The molecule has 0 aliphatic carbocycles. The highest BCUT2D eigenvalue weighted by molar-refractivity contribution is 6.46. The number of aromatic nitrogens is 2. The van der Waals surface area contributed by atoms with Crippen molar-refractivity contribution in [3.8, 4) is 5.75 Å². The summed E-state index contributed by atoms with van der Waals surface area (Å²) in [6.45, 7) is 5.92. The Morgan fingerprint density at radius 2 is 1.85 bits per heavy atom. The molecule has 3 heterocycles. The summed E-state index contributed by atoms with van der Waals surface area (Å²) in [7, 11) is 0. The van der Waals surface area contributed by atoms with E-state index in [2.05, 4.69) is 9.97 Å². The standard InChI is InChI=1S/C26H25N3O4/c1-16(2)33-21-8-7-19(14-17(21)3)24(30)22-23(20-6-4-5-11-28-20)29(26(32)25(22)31)15-18-9-12-27-13-10-18/h4-14,16,23,30H,15H2,1-3H3/b24-22-. The van der Waals surface area contributed by atoms with Gasteiger partial charge in [0.1, 0.15) is 17.6 Å². The molecule has 1 fully saturated rings. The van der Waals surface area contributed by atoms with Crippen LogP contribution in [0.3, 0.4) is 0 Å². The smallest absolute Gasteiger partial charge is 0.296 e. The molecule has 1 N–H and O–H groups in total. The van der Waals surface area contributed by atoms with Gasteiger partial charge in [-0.15, -0.1) is 0 Å². The van der Waals surface area contributed by atoms with E-state index in [1.54, 1.807) is 67.1 Å². The molecule has 4 rings (SSSR count). The highest BCUT2D eigenvalue weighted by Gasteiger charge is 2.46. The number of rotatable bonds is 6. The molecular weight excluding hydrogens is 418 g/mol. The Balaban J connectivity index is 1.81. The summed E-state index contributed by atoms with van der Waals surface area (Å²) in [5, 5.41) is 11.2. The van der Waals surface area contributed by atoms with E-state index in [4.69, 9.17) is 4.74 Å². The van der Waals surface area contributed by atoms with Crippen LogP contribution in [0, 0.1) is 6.92 Å². The third kappa shape index (κ3) is 4.48. The second-order valence-corrected chi connectivity index (χ2v) is 8.18. The van der Waals surface area contributed by atoms with Crippen molar-refractivity contribution >= 4 is 17.4 Å². The first kappa shape index (κ1) is 22.2. The first-order valence-corrected chi connectivity index (χ1v) is 10.7. The van der Waals surface area contributed by atoms with E-state index in [1.807, 2.05) is 20.8 Å². The molecule has 1 atom stereocenters. The van der Waals surface area contributed by atoms with Gasteiger partial charge in [0.05, 0.1) is 17.4 Å². The number of aryl methyl sites for hydroxylation is 1. The number of aliphatic hydroxyl groups is 1. The molecule has 7 heteroatoms.